The lowest BCUT2D eigenvalue weighted by Gasteiger charge is -2.16. The van der Waals surface area contributed by atoms with Crippen LogP contribution >= 0.6 is 0 Å². The molecule has 0 spiro atoms. The summed E-state index contributed by atoms with van der Waals surface area (Å²) >= 11 is 0. The quantitative estimate of drug-likeness (QED) is 0.817. The van der Waals surface area contributed by atoms with Crippen LogP contribution in [0.25, 0.3) is 11.6 Å². The standard InChI is InChI=1S/C12H16N6/c1-7-5-14-8(15-6-7)9-16-10(12(2,3)4)18-11(13)17-9/h5-6H,1-4H3,(H2,13,16,17,18). The van der Waals surface area contributed by atoms with Crippen LogP contribution in [0.4, 0.5) is 5.95 Å². The molecule has 0 aliphatic rings. The molecule has 94 valence electrons. The van der Waals surface area contributed by atoms with Crippen LogP contribution in [0.5, 0.6) is 0 Å². The van der Waals surface area contributed by atoms with Crippen LogP contribution in [0.1, 0.15) is 32.2 Å². The van der Waals surface area contributed by atoms with Gasteiger partial charge >= 0.3 is 0 Å². The summed E-state index contributed by atoms with van der Waals surface area (Å²) in [5.74, 6) is 1.69. The fourth-order valence-electron chi connectivity index (χ4n) is 1.34. The maximum atomic E-state index is 5.71. The Hall–Kier alpha value is -2.11. The minimum absolute atomic E-state index is 0.189. The molecule has 2 rings (SSSR count). The molecule has 0 amide bonds. The van der Waals surface area contributed by atoms with Gasteiger partial charge in [0.1, 0.15) is 5.82 Å². The highest BCUT2D eigenvalue weighted by atomic mass is 15.1. The zero-order chi connectivity index (χ0) is 13.3. The zero-order valence-electron chi connectivity index (χ0n) is 11.0. The van der Waals surface area contributed by atoms with Gasteiger partial charge in [0.15, 0.2) is 5.82 Å². The molecule has 0 bridgehead atoms. The summed E-state index contributed by atoms with van der Waals surface area (Å²) in [6.45, 7) is 7.97. The molecule has 2 aromatic heterocycles. The van der Waals surface area contributed by atoms with Gasteiger partial charge in [-0.15, -0.1) is 0 Å². The van der Waals surface area contributed by atoms with Gasteiger partial charge in [-0.2, -0.15) is 9.97 Å². The third kappa shape index (κ3) is 2.58. The van der Waals surface area contributed by atoms with E-state index >= 15 is 0 Å². The molecule has 0 saturated heterocycles. The molecule has 0 unspecified atom stereocenters. The first-order valence-corrected chi connectivity index (χ1v) is 5.67. The van der Waals surface area contributed by atoms with E-state index in [0.29, 0.717) is 17.5 Å². The largest absolute Gasteiger partial charge is 0.368 e. The number of anilines is 1. The van der Waals surface area contributed by atoms with Crippen molar-refractivity contribution >= 4 is 5.95 Å². The van der Waals surface area contributed by atoms with Crippen LogP contribution < -0.4 is 5.73 Å². The minimum Gasteiger partial charge on any atom is -0.368 e. The number of nitrogens with two attached hydrogens (primary N) is 1. The van der Waals surface area contributed by atoms with E-state index < -0.39 is 0 Å². The van der Waals surface area contributed by atoms with Gasteiger partial charge in [0.05, 0.1) is 0 Å². The van der Waals surface area contributed by atoms with Gasteiger partial charge in [0.2, 0.25) is 11.8 Å². The fraction of sp³-hybridized carbons (Fsp3) is 0.417. The lowest BCUT2D eigenvalue weighted by molar-refractivity contribution is 0.543. The molecule has 6 heteroatoms. The van der Waals surface area contributed by atoms with E-state index in [1.54, 1.807) is 12.4 Å². The van der Waals surface area contributed by atoms with Gasteiger partial charge in [-0.1, -0.05) is 20.8 Å². The Morgan fingerprint density at radius 3 is 2.11 bits per heavy atom. The smallest absolute Gasteiger partial charge is 0.223 e. The Morgan fingerprint density at radius 2 is 1.56 bits per heavy atom. The summed E-state index contributed by atoms with van der Waals surface area (Å²) in [7, 11) is 0. The van der Waals surface area contributed by atoms with E-state index in [9.17, 15) is 0 Å². The lowest BCUT2D eigenvalue weighted by Crippen LogP contribution is -2.18. The van der Waals surface area contributed by atoms with Crippen LogP contribution in [0.3, 0.4) is 0 Å². The highest BCUT2D eigenvalue weighted by Crippen LogP contribution is 2.20. The van der Waals surface area contributed by atoms with Crippen LogP contribution in [-0.2, 0) is 5.41 Å². The second-order valence-electron chi connectivity index (χ2n) is 5.17. The third-order valence-corrected chi connectivity index (χ3v) is 2.30. The van der Waals surface area contributed by atoms with Crippen molar-refractivity contribution in [2.24, 2.45) is 0 Å². The number of hydrogen-bond acceptors (Lipinski definition) is 6. The van der Waals surface area contributed by atoms with E-state index in [2.05, 4.69) is 24.9 Å². The lowest BCUT2D eigenvalue weighted by atomic mass is 9.96. The van der Waals surface area contributed by atoms with Gasteiger partial charge < -0.3 is 5.73 Å². The summed E-state index contributed by atoms with van der Waals surface area (Å²) in [5.41, 5.74) is 6.49. The molecule has 2 aromatic rings. The van der Waals surface area contributed by atoms with Crippen LogP contribution in [0.15, 0.2) is 12.4 Å². The van der Waals surface area contributed by atoms with Gasteiger partial charge in [-0.3, -0.25) is 0 Å². The van der Waals surface area contributed by atoms with Crippen molar-refractivity contribution in [3.05, 3.63) is 23.8 Å². The molecular weight excluding hydrogens is 228 g/mol. The Balaban J connectivity index is 2.52. The molecule has 2 N–H and O–H groups in total. The number of aromatic nitrogens is 5. The van der Waals surface area contributed by atoms with Crippen LogP contribution in [-0.4, -0.2) is 24.9 Å². The topological polar surface area (TPSA) is 90.5 Å². The molecule has 0 radical (unpaired) electrons. The molecular formula is C12H16N6. The van der Waals surface area contributed by atoms with E-state index in [4.69, 9.17) is 5.73 Å². The monoisotopic (exact) mass is 244 g/mol. The highest BCUT2D eigenvalue weighted by Gasteiger charge is 2.20. The Labute approximate surface area is 106 Å². The summed E-state index contributed by atoms with van der Waals surface area (Å²) < 4.78 is 0. The van der Waals surface area contributed by atoms with Crippen LogP contribution in [0, 0.1) is 6.92 Å². The molecule has 2 heterocycles. The average molecular weight is 244 g/mol. The zero-order valence-corrected chi connectivity index (χ0v) is 11.0. The molecule has 0 fully saturated rings. The van der Waals surface area contributed by atoms with E-state index in [-0.39, 0.29) is 11.4 Å². The van der Waals surface area contributed by atoms with Crippen molar-refractivity contribution in [3.8, 4) is 11.6 Å². The van der Waals surface area contributed by atoms with Crippen molar-refractivity contribution in [2.75, 3.05) is 5.73 Å². The number of rotatable bonds is 1. The predicted octanol–water partition coefficient (Wildman–Crippen LogP) is 1.52. The minimum atomic E-state index is -0.198. The van der Waals surface area contributed by atoms with Crippen molar-refractivity contribution in [3.63, 3.8) is 0 Å². The van der Waals surface area contributed by atoms with Crippen molar-refractivity contribution in [2.45, 2.75) is 33.1 Å². The Bertz CT molecular complexity index is 556. The molecule has 0 aliphatic heterocycles. The van der Waals surface area contributed by atoms with Gasteiger partial charge in [-0.05, 0) is 12.5 Å². The number of nitrogens with zero attached hydrogens (tertiary/aromatic N) is 5. The summed E-state index contributed by atoms with van der Waals surface area (Å²) in [4.78, 5) is 21.0. The summed E-state index contributed by atoms with van der Waals surface area (Å²) in [6.07, 6.45) is 3.44. The molecule has 0 aromatic carbocycles. The first kappa shape index (κ1) is 12.3. The number of hydrogen-bond donors (Lipinski definition) is 1. The fourth-order valence-corrected chi connectivity index (χ4v) is 1.34. The molecule has 0 atom stereocenters. The molecule has 6 nitrogen and oxygen atoms in total. The van der Waals surface area contributed by atoms with Gasteiger partial charge in [-0.25, -0.2) is 15.0 Å². The third-order valence-electron chi connectivity index (χ3n) is 2.30. The summed E-state index contributed by atoms with van der Waals surface area (Å²) in [6, 6.07) is 0. The Kier molecular flexibility index (Phi) is 2.94. The van der Waals surface area contributed by atoms with Gasteiger partial charge in [0, 0.05) is 17.8 Å². The van der Waals surface area contributed by atoms with E-state index in [0.717, 1.165) is 5.56 Å². The second kappa shape index (κ2) is 4.29. The van der Waals surface area contributed by atoms with E-state index in [1.807, 2.05) is 27.7 Å². The summed E-state index contributed by atoms with van der Waals surface area (Å²) in [5, 5.41) is 0. The molecule has 0 aliphatic carbocycles. The highest BCUT2D eigenvalue weighted by molar-refractivity contribution is 5.44. The first-order valence-electron chi connectivity index (χ1n) is 5.67. The Morgan fingerprint density at radius 1 is 0.944 bits per heavy atom. The molecule has 18 heavy (non-hydrogen) atoms. The van der Waals surface area contributed by atoms with Gasteiger partial charge in [0.25, 0.3) is 0 Å². The maximum Gasteiger partial charge on any atom is 0.223 e. The number of aryl methyl sites for hydroxylation is 1. The van der Waals surface area contributed by atoms with Crippen LogP contribution in [0.2, 0.25) is 0 Å². The van der Waals surface area contributed by atoms with Crippen molar-refractivity contribution in [1.29, 1.82) is 0 Å². The first-order chi connectivity index (χ1) is 8.36. The second-order valence-corrected chi connectivity index (χ2v) is 5.17. The normalized spacial score (nSPS) is 11.6. The number of nitrogen functional groups attached to an aromatic ring is 1. The van der Waals surface area contributed by atoms with Crippen molar-refractivity contribution < 1.29 is 0 Å². The molecule has 0 saturated carbocycles. The van der Waals surface area contributed by atoms with E-state index in [1.165, 1.54) is 0 Å². The SMILES string of the molecule is Cc1cnc(-c2nc(N)nc(C(C)(C)C)n2)nc1. The average Bonchev–Trinajstić information content (AvgIpc) is 2.28. The predicted molar refractivity (Wildman–Crippen MR) is 68.7 cm³/mol. The maximum absolute atomic E-state index is 5.71. The van der Waals surface area contributed by atoms with Crippen molar-refractivity contribution in [1.82, 2.24) is 24.9 Å².